The van der Waals surface area contributed by atoms with Crippen LogP contribution in [0.25, 0.3) is 0 Å². The number of aryl methyl sites for hydroxylation is 1. The summed E-state index contributed by atoms with van der Waals surface area (Å²) in [5, 5.41) is 19.2. The van der Waals surface area contributed by atoms with Crippen molar-refractivity contribution in [2.24, 2.45) is 0 Å². The number of urea groups is 1. The summed E-state index contributed by atoms with van der Waals surface area (Å²) in [5.41, 5.74) is 2.21. The Kier molecular flexibility index (Phi) is 6.62. The molecule has 0 spiro atoms. The Morgan fingerprint density at radius 2 is 1.88 bits per heavy atom. The zero-order valence-corrected chi connectivity index (χ0v) is 19.2. The van der Waals surface area contributed by atoms with Crippen LogP contribution in [-0.2, 0) is 13.0 Å². The van der Waals surface area contributed by atoms with Gasteiger partial charge >= 0.3 is 6.03 Å². The summed E-state index contributed by atoms with van der Waals surface area (Å²) in [6, 6.07) is 11.4. The quantitative estimate of drug-likeness (QED) is 0.524. The van der Waals surface area contributed by atoms with Crippen LogP contribution in [0, 0.1) is 5.41 Å². The predicted molar refractivity (Wildman–Crippen MR) is 126 cm³/mol. The van der Waals surface area contributed by atoms with Crippen molar-refractivity contribution < 1.29 is 9.59 Å². The lowest BCUT2D eigenvalue weighted by Gasteiger charge is -2.26. The number of aromatic nitrogens is 3. The number of hydrogen-bond donors (Lipinski definition) is 3. The number of halogens is 2. The molecule has 1 aliphatic heterocycles. The smallest absolute Gasteiger partial charge is 0.327 e. The average Bonchev–Trinajstić information content (AvgIpc) is 3.23. The maximum Gasteiger partial charge on any atom is 0.327 e. The van der Waals surface area contributed by atoms with Crippen LogP contribution < -0.4 is 15.5 Å². The summed E-state index contributed by atoms with van der Waals surface area (Å²) in [6.45, 7) is 0.248. The molecule has 1 atom stereocenters. The number of anilines is 1. The van der Waals surface area contributed by atoms with Gasteiger partial charge in [-0.05, 0) is 36.6 Å². The van der Waals surface area contributed by atoms with Crippen LogP contribution in [0.3, 0.4) is 0 Å². The number of carbonyl (C=O) groups is 2. The van der Waals surface area contributed by atoms with Gasteiger partial charge in [0.15, 0.2) is 0 Å². The molecule has 2 heterocycles. The number of nitrogens with zero attached hydrogens (tertiary/aromatic N) is 4. The SMILES string of the molecule is CNC(=O)N1C(=N)C(NC(=O)c2ncn(Cc3c(Cl)cccc3Cl)n2)CCc2ccccc21. The molecule has 33 heavy (non-hydrogen) atoms. The Balaban J connectivity index is 1.52. The van der Waals surface area contributed by atoms with Crippen LogP contribution in [0.1, 0.15) is 28.2 Å². The van der Waals surface area contributed by atoms with E-state index in [4.69, 9.17) is 28.6 Å². The second kappa shape index (κ2) is 9.60. The lowest BCUT2D eigenvalue weighted by molar-refractivity contribution is 0.0934. The number of carbonyl (C=O) groups excluding carboxylic acids is 2. The Morgan fingerprint density at radius 3 is 2.61 bits per heavy atom. The number of rotatable bonds is 4. The van der Waals surface area contributed by atoms with E-state index in [0.717, 1.165) is 5.56 Å². The van der Waals surface area contributed by atoms with Crippen molar-refractivity contribution in [3.63, 3.8) is 0 Å². The minimum atomic E-state index is -0.702. The van der Waals surface area contributed by atoms with Crippen LogP contribution in [0.2, 0.25) is 10.0 Å². The molecule has 0 saturated carbocycles. The largest absolute Gasteiger partial charge is 0.340 e. The molecule has 0 radical (unpaired) electrons. The lowest BCUT2D eigenvalue weighted by Crippen LogP contribution is -2.52. The van der Waals surface area contributed by atoms with Crippen molar-refractivity contribution in [3.8, 4) is 0 Å². The van der Waals surface area contributed by atoms with Crippen LogP contribution in [0.15, 0.2) is 48.8 Å². The second-order valence-corrected chi connectivity index (χ2v) is 8.25. The fourth-order valence-electron chi connectivity index (χ4n) is 3.68. The molecule has 170 valence electrons. The standard InChI is InChI=1S/C22H21Cl2N7O2/c1-26-22(33)31-18-8-3-2-5-13(18)9-10-17(19(31)25)28-21(32)20-27-12-30(29-20)11-14-15(23)6-4-7-16(14)24/h2-8,12,17,25H,9-11H2,1H3,(H,26,33)(H,28,32). The first kappa shape index (κ1) is 22.8. The van der Waals surface area contributed by atoms with E-state index in [2.05, 4.69) is 20.7 Å². The van der Waals surface area contributed by atoms with Gasteiger partial charge in [-0.2, -0.15) is 0 Å². The van der Waals surface area contributed by atoms with Crippen molar-refractivity contribution in [1.29, 1.82) is 5.41 Å². The normalized spacial score (nSPS) is 15.5. The molecule has 3 N–H and O–H groups in total. The highest BCUT2D eigenvalue weighted by Crippen LogP contribution is 2.27. The molecular weight excluding hydrogens is 465 g/mol. The summed E-state index contributed by atoms with van der Waals surface area (Å²) >= 11 is 12.4. The molecule has 0 aliphatic carbocycles. The number of amides is 3. The number of amidine groups is 1. The first-order chi connectivity index (χ1) is 15.9. The van der Waals surface area contributed by atoms with Crippen LogP contribution in [-0.4, -0.2) is 45.6 Å². The minimum absolute atomic E-state index is 0.0325. The molecule has 0 saturated heterocycles. The third kappa shape index (κ3) is 4.69. The zero-order valence-electron chi connectivity index (χ0n) is 17.7. The molecule has 0 fully saturated rings. The molecule has 1 aliphatic rings. The van der Waals surface area contributed by atoms with E-state index in [9.17, 15) is 9.59 Å². The number of nitrogens with one attached hydrogen (secondary N) is 3. The number of benzene rings is 2. The maximum absolute atomic E-state index is 12.9. The van der Waals surface area contributed by atoms with E-state index >= 15 is 0 Å². The average molecular weight is 486 g/mol. The second-order valence-electron chi connectivity index (χ2n) is 7.44. The number of hydrogen-bond acceptors (Lipinski definition) is 5. The Labute approximate surface area is 200 Å². The van der Waals surface area contributed by atoms with Gasteiger partial charge in [0.2, 0.25) is 5.82 Å². The summed E-state index contributed by atoms with van der Waals surface area (Å²) in [6.07, 6.45) is 2.45. The number of para-hydroxylation sites is 1. The monoisotopic (exact) mass is 485 g/mol. The third-order valence-electron chi connectivity index (χ3n) is 5.35. The Hall–Kier alpha value is -3.43. The van der Waals surface area contributed by atoms with Crippen LogP contribution in [0.4, 0.5) is 10.5 Å². The molecule has 9 nitrogen and oxygen atoms in total. The summed E-state index contributed by atoms with van der Waals surface area (Å²) < 4.78 is 1.47. The van der Waals surface area contributed by atoms with Gasteiger partial charge in [0.1, 0.15) is 12.2 Å². The van der Waals surface area contributed by atoms with E-state index in [0.29, 0.717) is 34.1 Å². The third-order valence-corrected chi connectivity index (χ3v) is 6.06. The van der Waals surface area contributed by atoms with Crippen molar-refractivity contribution in [2.75, 3.05) is 11.9 Å². The van der Waals surface area contributed by atoms with Gasteiger partial charge in [0.05, 0.1) is 18.3 Å². The van der Waals surface area contributed by atoms with E-state index in [1.165, 1.54) is 23.0 Å². The Morgan fingerprint density at radius 1 is 1.15 bits per heavy atom. The lowest BCUT2D eigenvalue weighted by atomic mass is 10.1. The fraction of sp³-hybridized carbons (Fsp3) is 0.227. The highest BCUT2D eigenvalue weighted by atomic mass is 35.5. The zero-order chi connectivity index (χ0) is 23.5. The first-order valence-corrected chi connectivity index (χ1v) is 11.0. The minimum Gasteiger partial charge on any atom is -0.340 e. The van der Waals surface area contributed by atoms with Crippen LogP contribution >= 0.6 is 23.2 Å². The molecule has 11 heteroatoms. The molecule has 3 aromatic rings. The van der Waals surface area contributed by atoms with Gasteiger partial charge in [-0.1, -0.05) is 47.5 Å². The summed E-state index contributed by atoms with van der Waals surface area (Å²) in [4.78, 5) is 30.8. The van der Waals surface area contributed by atoms with Crippen LogP contribution in [0.5, 0.6) is 0 Å². The first-order valence-electron chi connectivity index (χ1n) is 10.2. The van der Waals surface area contributed by atoms with Gasteiger partial charge in [-0.25, -0.2) is 19.4 Å². The van der Waals surface area contributed by atoms with Gasteiger partial charge in [-0.15, -0.1) is 5.10 Å². The fourth-order valence-corrected chi connectivity index (χ4v) is 4.19. The molecule has 1 aromatic heterocycles. The maximum atomic E-state index is 12.9. The van der Waals surface area contributed by atoms with E-state index in [1.54, 1.807) is 24.3 Å². The van der Waals surface area contributed by atoms with E-state index < -0.39 is 18.0 Å². The molecule has 2 aromatic carbocycles. The van der Waals surface area contributed by atoms with Gasteiger partial charge in [-0.3, -0.25) is 10.2 Å². The van der Waals surface area contributed by atoms with Gasteiger partial charge in [0.25, 0.3) is 5.91 Å². The van der Waals surface area contributed by atoms with E-state index in [-0.39, 0.29) is 18.2 Å². The van der Waals surface area contributed by atoms with Gasteiger partial charge < -0.3 is 10.6 Å². The van der Waals surface area contributed by atoms with Crippen molar-refractivity contribution >= 4 is 46.7 Å². The number of fused-ring (bicyclic) bond motifs is 1. The molecule has 4 rings (SSSR count). The molecular formula is C22H21Cl2N7O2. The predicted octanol–water partition coefficient (Wildman–Crippen LogP) is 3.50. The molecule has 1 unspecified atom stereocenters. The summed E-state index contributed by atoms with van der Waals surface area (Å²) in [5.74, 6) is -0.634. The van der Waals surface area contributed by atoms with Gasteiger partial charge in [0, 0.05) is 22.7 Å². The van der Waals surface area contributed by atoms with Crippen molar-refractivity contribution in [3.05, 3.63) is 75.8 Å². The van der Waals surface area contributed by atoms with Crippen molar-refractivity contribution in [2.45, 2.75) is 25.4 Å². The highest BCUT2D eigenvalue weighted by molar-refractivity contribution is 6.36. The Bertz CT molecular complexity index is 1210. The molecule has 0 bridgehead atoms. The topological polar surface area (TPSA) is 116 Å². The summed E-state index contributed by atoms with van der Waals surface area (Å²) in [7, 11) is 1.50. The van der Waals surface area contributed by atoms with Crippen molar-refractivity contribution in [1.82, 2.24) is 25.4 Å². The van der Waals surface area contributed by atoms with E-state index in [1.807, 2.05) is 18.2 Å². The highest BCUT2D eigenvalue weighted by Gasteiger charge is 2.32. The molecule has 3 amide bonds.